The molecule has 0 saturated carbocycles. The third-order valence-corrected chi connectivity index (χ3v) is 1.99. The number of carbonyl (C=O) groups is 2. The fraction of sp³-hybridized carbons (Fsp3) is 0.100. The summed E-state index contributed by atoms with van der Waals surface area (Å²) in [5.41, 5.74) is -0.786. The Hall–Kier alpha value is -2.55. The maximum absolute atomic E-state index is 11.1. The SMILES string of the molecule is CC(=O)c1cc(C=O)c(C#N)cc1[N+](=O)[O-]. The van der Waals surface area contributed by atoms with E-state index >= 15 is 0 Å². The summed E-state index contributed by atoms with van der Waals surface area (Å²) >= 11 is 0. The predicted octanol–water partition coefficient (Wildman–Crippen LogP) is 1.48. The zero-order valence-electron chi connectivity index (χ0n) is 8.26. The molecule has 6 heteroatoms. The molecule has 0 aromatic heterocycles. The summed E-state index contributed by atoms with van der Waals surface area (Å²) in [7, 11) is 0. The van der Waals surface area contributed by atoms with Crippen LogP contribution in [0.2, 0.25) is 0 Å². The molecule has 1 aromatic carbocycles. The second-order valence-corrected chi connectivity index (χ2v) is 3.00. The molecule has 0 spiro atoms. The first-order chi connectivity index (χ1) is 7.51. The van der Waals surface area contributed by atoms with Crippen molar-refractivity contribution in [1.82, 2.24) is 0 Å². The van der Waals surface area contributed by atoms with Crippen LogP contribution in [0.4, 0.5) is 5.69 Å². The third-order valence-electron chi connectivity index (χ3n) is 1.99. The highest BCUT2D eigenvalue weighted by Crippen LogP contribution is 2.23. The number of nitrogens with zero attached hydrogens (tertiary/aromatic N) is 2. The number of hydrogen-bond acceptors (Lipinski definition) is 5. The van der Waals surface area contributed by atoms with Crippen LogP contribution in [-0.2, 0) is 0 Å². The highest BCUT2D eigenvalue weighted by atomic mass is 16.6. The van der Waals surface area contributed by atoms with E-state index in [4.69, 9.17) is 5.26 Å². The van der Waals surface area contributed by atoms with Crippen LogP contribution in [-0.4, -0.2) is 17.0 Å². The quantitative estimate of drug-likeness (QED) is 0.331. The molecule has 0 fully saturated rings. The van der Waals surface area contributed by atoms with Crippen molar-refractivity contribution in [2.75, 3.05) is 0 Å². The van der Waals surface area contributed by atoms with Gasteiger partial charge in [0.2, 0.25) is 0 Å². The maximum Gasteiger partial charge on any atom is 0.281 e. The van der Waals surface area contributed by atoms with Gasteiger partial charge in [0.05, 0.1) is 16.1 Å². The summed E-state index contributed by atoms with van der Waals surface area (Å²) in [6.07, 6.45) is 0.384. The van der Waals surface area contributed by atoms with Crippen LogP contribution in [0.25, 0.3) is 0 Å². The molecule has 0 aliphatic carbocycles. The lowest BCUT2D eigenvalue weighted by atomic mass is 10.0. The number of Topliss-reactive ketones (excluding diaryl/α,β-unsaturated/α-hetero) is 1. The number of benzene rings is 1. The molecule has 0 saturated heterocycles. The van der Waals surface area contributed by atoms with Crippen molar-refractivity contribution in [1.29, 1.82) is 5.26 Å². The summed E-state index contributed by atoms with van der Waals surface area (Å²) in [5.74, 6) is -0.528. The zero-order chi connectivity index (χ0) is 12.3. The molecule has 1 rings (SSSR count). The van der Waals surface area contributed by atoms with Crippen LogP contribution in [0.1, 0.15) is 33.2 Å². The maximum atomic E-state index is 11.1. The van der Waals surface area contributed by atoms with Crippen molar-refractivity contribution in [3.8, 4) is 6.07 Å². The summed E-state index contributed by atoms with van der Waals surface area (Å²) in [6.45, 7) is 1.16. The molecule has 0 aliphatic heterocycles. The van der Waals surface area contributed by atoms with Crippen LogP contribution in [0.3, 0.4) is 0 Å². The standard InChI is InChI=1S/C10H6N2O4/c1-6(14)9-2-8(5-13)7(4-11)3-10(9)12(15)16/h2-3,5H,1H3. The van der Waals surface area contributed by atoms with Crippen molar-refractivity contribution in [2.24, 2.45) is 0 Å². The van der Waals surface area contributed by atoms with Gasteiger partial charge in [-0.05, 0) is 13.0 Å². The smallest absolute Gasteiger partial charge is 0.281 e. The monoisotopic (exact) mass is 218 g/mol. The number of ketones is 1. The van der Waals surface area contributed by atoms with Crippen LogP contribution < -0.4 is 0 Å². The van der Waals surface area contributed by atoms with Gasteiger partial charge < -0.3 is 0 Å². The van der Waals surface area contributed by atoms with Crippen molar-refractivity contribution in [3.05, 3.63) is 38.9 Å². The van der Waals surface area contributed by atoms with E-state index in [0.717, 1.165) is 19.1 Å². The first kappa shape index (κ1) is 11.5. The van der Waals surface area contributed by atoms with Gasteiger partial charge in [-0.2, -0.15) is 5.26 Å². The Labute approximate surface area is 90.3 Å². The number of nitriles is 1. The molecule has 0 heterocycles. The average Bonchev–Trinajstić information content (AvgIpc) is 2.26. The summed E-state index contributed by atoms with van der Waals surface area (Å²) in [4.78, 5) is 31.6. The van der Waals surface area contributed by atoms with E-state index in [9.17, 15) is 19.7 Å². The van der Waals surface area contributed by atoms with E-state index < -0.39 is 16.4 Å². The molecular weight excluding hydrogens is 212 g/mol. The molecule has 80 valence electrons. The zero-order valence-corrected chi connectivity index (χ0v) is 8.26. The number of nitro groups is 1. The normalized spacial score (nSPS) is 9.25. The number of hydrogen-bond donors (Lipinski definition) is 0. The van der Waals surface area contributed by atoms with E-state index in [0.29, 0.717) is 6.29 Å². The Kier molecular flexibility index (Phi) is 3.11. The van der Waals surface area contributed by atoms with Crippen LogP contribution in [0, 0.1) is 21.4 Å². The van der Waals surface area contributed by atoms with Gasteiger partial charge in [-0.25, -0.2) is 0 Å². The van der Waals surface area contributed by atoms with Gasteiger partial charge in [-0.3, -0.25) is 19.7 Å². The van der Waals surface area contributed by atoms with E-state index in [2.05, 4.69) is 0 Å². The minimum Gasteiger partial charge on any atom is -0.298 e. The van der Waals surface area contributed by atoms with Gasteiger partial charge in [0, 0.05) is 11.6 Å². The molecule has 0 N–H and O–H groups in total. The number of aldehydes is 1. The van der Waals surface area contributed by atoms with Gasteiger partial charge in [0.15, 0.2) is 12.1 Å². The van der Waals surface area contributed by atoms with Gasteiger partial charge in [0.1, 0.15) is 6.07 Å². The van der Waals surface area contributed by atoms with Gasteiger partial charge in [-0.1, -0.05) is 0 Å². The fourth-order valence-corrected chi connectivity index (χ4v) is 1.23. The fourth-order valence-electron chi connectivity index (χ4n) is 1.23. The Bertz CT molecular complexity index is 528. The molecule has 0 atom stereocenters. The first-order valence-corrected chi connectivity index (χ1v) is 4.20. The Morgan fingerprint density at radius 1 is 1.56 bits per heavy atom. The highest BCUT2D eigenvalue weighted by molar-refractivity contribution is 6.00. The predicted molar refractivity (Wildman–Crippen MR) is 53.2 cm³/mol. The molecular formula is C10H6N2O4. The van der Waals surface area contributed by atoms with Gasteiger partial charge in [0.25, 0.3) is 5.69 Å². The van der Waals surface area contributed by atoms with Gasteiger partial charge >= 0.3 is 0 Å². The molecule has 16 heavy (non-hydrogen) atoms. The second-order valence-electron chi connectivity index (χ2n) is 3.00. The molecule has 6 nitrogen and oxygen atoms in total. The Morgan fingerprint density at radius 3 is 2.56 bits per heavy atom. The molecule has 0 bridgehead atoms. The summed E-state index contributed by atoms with van der Waals surface area (Å²) in [6, 6.07) is 3.65. The topological polar surface area (TPSA) is 101 Å². The van der Waals surface area contributed by atoms with Crippen molar-refractivity contribution >= 4 is 17.8 Å². The average molecular weight is 218 g/mol. The van der Waals surface area contributed by atoms with Crippen molar-refractivity contribution in [2.45, 2.75) is 6.92 Å². The summed E-state index contributed by atoms with van der Waals surface area (Å²) in [5, 5.41) is 19.3. The largest absolute Gasteiger partial charge is 0.298 e. The summed E-state index contributed by atoms with van der Waals surface area (Å²) < 4.78 is 0. The minimum absolute atomic E-state index is 0.0294. The first-order valence-electron chi connectivity index (χ1n) is 4.20. The molecule has 1 aromatic rings. The lowest BCUT2D eigenvalue weighted by Gasteiger charge is -2.01. The van der Waals surface area contributed by atoms with Crippen molar-refractivity contribution < 1.29 is 14.5 Å². The minimum atomic E-state index is -0.758. The van der Waals surface area contributed by atoms with Crippen LogP contribution in [0.15, 0.2) is 12.1 Å². The Morgan fingerprint density at radius 2 is 2.19 bits per heavy atom. The van der Waals surface area contributed by atoms with E-state index in [1.807, 2.05) is 0 Å². The second kappa shape index (κ2) is 4.31. The van der Waals surface area contributed by atoms with E-state index in [-0.39, 0.29) is 16.7 Å². The number of carbonyl (C=O) groups excluding carboxylic acids is 2. The lowest BCUT2D eigenvalue weighted by molar-refractivity contribution is -0.385. The highest BCUT2D eigenvalue weighted by Gasteiger charge is 2.20. The van der Waals surface area contributed by atoms with Crippen LogP contribution in [0.5, 0.6) is 0 Å². The number of rotatable bonds is 3. The molecule has 0 amide bonds. The molecule has 0 aliphatic rings. The van der Waals surface area contributed by atoms with Crippen LogP contribution >= 0.6 is 0 Å². The lowest BCUT2D eigenvalue weighted by Crippen LogP contribution is -2.03. The molecule has 0 unspecified atom stereocenters. The Balaban J connectivity index is 3.62. The number of nitro benzene ring substituents is 1. The van der Waals surface area contributed by atoms with Gasteiger partial charge in [-0.15, -0.1) is 0 Å². The van der Waals surface area contributed by atoms with Crippen molar-refractivity contribution in [3.63, 3.8) is 0 Å². The van der Waals surface area contributed by atoms with E-state index in [1.165, 1.54) is 0 Å². The van der Waals surface area contributed by atoms with E-state index in [1.54, 1.807) is 6.07 Å². The molecule has 0 radical (unpaired) electrons. The third kappa shape index (κ3) is 1.93.